The Kier molecular flexibility index (Phi) is 5.29. The van der Waals surface area contributed by atoms with Crippen molar-refractivity contribution in [1.29, 1.82) is 0 Å². The predicted octanol–water partition coefficient (Wildman–Crippen LogP) is 4.98. The summed E-state index contributed by atoms with van der Waals surface area (Å²) in [5, 5.41) is 3.17. The molecule has 0 aliphatic heterocycles. The molecule has 3 aromatic rings. The molecular formula is C21H19BrN2O. The lowest BCUT2D eigenvalue weighted by Gasteiger charge is -2.22. The van der Waals surface area contributed by atoms with Crippen LogP contribution in [0.3, 0.4) is 0 Å². The molecule has 4 heteroatoms. The van der Waals surface area contributed by atoms with Crippen LogP contribution in [0.4, 0.5) is 0 Å². The Morgan fingerprint density at radius 3 is 2.60 bits per heavy atom. The molecule has 0 unspecified atom stereocenters. The zero-order valence-electron chi connectivity index (χ0n) is 14.2. The summed E-state index contributed by atoms with van der Waals surface area (Å²) in [5.41, 5.74) is 4.93. The maximum atomic E-state index is 12.9. The van der Waals surface area contributed by atoms with Crippen LogP contribution in [0.5, 0.6) is 0 Å². The molecule has 0 radical (unpaired) electrons. The van der Waals surface area contributed by atoms with Gasteiger partial charge in [0.05, 0.1) is 11.6 Å². The van der Waals surface area contributed by atoms with Gasteiger partial charge < -0.3 is 5.32 Å². The Morgan fingerprint density at radius 1 is 1.08 bits per heavy atom. The fourth-order valence-electron chi connectivity index (χ4n) is 2.81. The van der Waals surface area contributed by atoms with Gasteiger partial charge in [0.2, 0.25) is 0 Å². The van der Waals surface area contributed by atoms with Crippen LogP contribution < -0.4 is 5.32 Å². The minimum atomic E-state index is -0.256. The third kappa shape index (κ3) is 3.97. The maximum absolute atomic E-state index is 12.9. The van der Waals surface area contributed by atoms with E-state index in [4.69, 9.17) is 0 Å². The summed E-state index contributed by atoms with van der Waals surface area (Å²) in [4.78, 5) is 17.1. The van der Waals surface area contributed by atoms with Gasteiger partial charge in [0.1, 0.15) is 0 Å². The molecule has 2 aromatic carbocycles. The van der Waals surface area contributed by atoms with E-state index in [1.165, 1.54) is 0 Å². The number of pyridine rings is 1. The van der Waals surface area contributed by atoms with E-state index in [-0.39, 0.29) is 11.9 Å². The van der Waals surface area contributed by atoms with E-state index in [2.05, 4.69) is 58.3 Å². The van der Waals surface area contributed by atoms with E-state index in [1.54, 1.807) is 12.4 Å². The smallest absolute Gasteiger partial charge is 0.253 e. The van der Waals surface area contributed by atoms with E-state index in [9.17, 15) is 4.79 Å². The molecule has 25 heavy (non-hydrogen) atoms. The molecule has 0 aliphatic rings. The van der Waals surface area contributed by atoms with E-state index in [1.807, 2.05) is 36.4 Å². The largest absolute Gasteiger partial charge is 0.341 e. The second-order valence-electron chi connectivity index (χ2n) is 6.03. The summed E-state index contributed by atoms with van der Waals surface area (Å²) < 4.78 is 0.776. The molecule has 3 rings (SSSR count). The van der Waals surface area contributed by atoms with Crippen molar-refractivity contribution < 1.29 is 4.79 Å². The number of aromatic nitrogens is 1. The van der Waals surface area contributed by atoms with E-state index in [0.29, 0.717) is 5.56 Å². The standard InChI is InChI=1S/C21H19BrN2O/c1-14-9-10-15(2)18(12-14)20(16-6-5-11-23-13-16)24-21(25)17-7-3-4-8-19(17)22/h3-13,20H,1-2H3,(H,24,25)/t20-/m0/s1. The number of hydrogen-bond acceptors (Lipinski definition) is 2. The van der Waals surface area contributed by atoms with Gasteiger partial charge in [0, 0.05) is 16.9 Å². The zero-order chi connectivity index (χ0) is 17.8. The van der Waals surface area contributed by atoms with E-state index >= 15 is 0 Å². The highest BCUT2D eigenvalue weighted by atomic mass is 79.9. The maximum Gasteiger partial charge on any atom is 0.253 e. The number of nitrogens with one attached hydrogen (secondary N) is 1. The monoisotopic (exact) mass is 394 g/mol. The number of aryl methyl sites for hydroxylation is 2. The summed E-state index contributed by atoms with van der Waals surface area (Å²) in [7, 11) is 0. The van der Waals surface area contributed by atoms with Gasteiger partial charge in [-0.3, -0.25) is 9.78 Å². The summed E-state index contributed by atoms with van der Waals surface area (Å²) in [6.45, 7) is 4.11. The molecule has 0 aliphatic carbocycles. The van der Waals surface area contributed by atoms with Gasteiger partial charge >= 0.3 is 0 Å². The molecule has 1 aromatic heterocycles. The Bertz CT molecular complexity index is 893. The number of nitrogens with zero attached hydrogens (tertiary/aromatic N) is 1. The zero-order valence-corrected chi connectivity index (χ0v) is 15.7. The average molecular weight is 395 g/mol. The summed E-state index contributed by atoms with van der Waals surface area (Å²) >= 11 is 3.45. The first-order chi connectivity index (χ1) is 12.1. The van der Waals surface area contributed by atoms with E-state index in [0.717, 1.165) is 26.7 Å². The number of rotatable bonds is 4. The molecule has 1 atom stereocenters. The summed E-state index contributed by atoms with van der Waals surface area (Å²) in [6, 6.07) is 17.3. The predicted molar refractivity (Wildman–Crippen MR) is 104 cm³/mol. The van der Waals surface area contributed by atoms with Crippen LogP contribution in [0.25, 0.3) is 0 Å². The van der Waals surface area contributed by atoms with Gasteiger partial charge in [0.15, 0.2) is 0 Å². The van der Waals surface area contributed by atoms with Crippen molar-refractivity contribution in [3.8, 4) is 0 Å². The quantitative estimate of drug-likeness (QED) is 0.677. The average Bonchev–Trinajstić information content (AvgIpc) is 2.63. The first kappa shape index (κ1) is 17.4. The van der Waals surface area contributed by atoms with Crippen LogP contribution in [0.2, 0.25) is 0 Å². The normalized spacial score (nSPS) is 11.8. The number of halogens is 1. The molecule has 0 bridgehead atoms. The number of hydrogen-bond donors (Lipinski definition) is 1. The Labute approximate surface area is 156 Å². The third-order valence-corrected chi connectivity index (χ3v) is 4.85. The lowest BCUT2D eigenvalue weighted by molar-refractivity contribution is 0.0942. The van der Waals surface area contributed by atoms with Crippen molar-refractivity contribution in [1.82, 2.24) is 10.3 Å². The van der Waals surface area contributed by atoms with Crippen molar-refractivity contribution in [3.63, 3.8) is 0 Å². The summed E-state index contributed by atoms with van der Waals surface area (Å²) in [6.07, 6.45) is 3.53. The molecule has 1 heterocycles. The molecule has 1 N–H and O–H groups in total. The molecule has 0 spiro atoms. The highest BCUT2D eigenvalue weighted by Gasteiger charge is 2.21. The van der Waals surface area contributed by atoms with Crippen molar-refractivity contribution in [2.45, 2.75) is 19.9 Å². The fourth-order valence-corrected chi connectivity index (χ4v) is 3.28. The van der Waals surface area contributed by atoms with Gasteiger partial charge in [-0.1, -0.05) is 42.0 Å². The Hall–Kier alpha value is -2.46. The minimum absolute atomic E-state index is 0.123. The lowest BCUT2D eigenvalue weighted by Crippen LogP contribution is -2.30. The highest BCUT2D eigenvalue weighted by molar-refractivity contribution is 9.10. The minimum Gasteiger partial charge on any atom is -0.341 e. The topological polar surface area (TPSA) is 42.0 Å². The molecule has 1 amide bonds. The number of carbonyl (C=O) groups excluding carboxylic acids is 1. The second kappa shape index (κ2) is 7.62. The van der Waals surface area contributed by atoms with Gasteiger partial charge in [-0.15, -0.1) is 0 Å². The van der Waals surface area contributed by atoms with Gasteiger partial charge in [-0.25, -0.2) is 0 Å². The van der Waals surface area contributed by atoms with Crippen molar-refractivity contribution in [2.24, 2.45) is 0 Å². The molecular weight excluding hydrogens is 376 g/mol. The molecule has 0 saturated heterocycles. The van der Waals surface area contributed by atoms with Crippen LogP contribution in [0, 0.1) is 13.8 Å². The SMILES string of the molecule is Cc1ccc(C)c([C@@H](NC(=O)c2ccccc2Br)c2cccnc2)c1. The van der Waals surface area contributed by atoms with E-state index < -0.39 is 0 Å². The Morgan fingerprint density at radius 2 is 1.88 bits per heavy atom. The van der Waals surface area contributed by atoms with Crippen molar-refractivity contribution >= 4 is 21.8 Å². The number of benzene rings is 2. The molecule has 0 fully saturated rings. The number of amides is 1. The van der Waals surface area contributed by atoms with Crippen LogP contribution >= 0.6 is 15.9 Å². The molecule has 3 nitrogen and oxygen atoms in total. The van der Waals surface area contributed by atoms with Crippen LogP contribution in [0.1, 0.15) is 38.7 Å². The molecule has 126 valence electrons. The van der Waals surface area contributed by atoms with Gasteiger partial charge in [0.25, 0.3) is 5.91 Å². The Balaban J connectivity index is 2.02. The third-order valence-electron chi connectivity index (χ3n) is 4.16. The number of carbonyl (C=O) groups is 1. The molecule has 0 saturated carbocycles. The second-order valence-corrected chi connectivity index (χ2v) is 6.89. The first-order valence-corrected chi connectivity index (χ1v) is 8.88. The van der Waals surface area contributed by atoms with Crippen molar-refractivity contribution in [3.05, 3.63) is 99.3 Å². The van der Waals surface area contributed by atoms with Crippen LogP contribution in [0.15, 0.2) is 71.5 Å². The lowest BCUT2D eigenvalue weighted by atomic mass is 9.94. The highest BCUT2D eigenvalue weighted by Crippen LogP contribution is 2.26. The van der Waals surface area contributed by atoms with Gasteiger partial charge in [-0.2, -0.15) is 0 Å². The fraction of sp³-hybridized carbons (Fsp3) is 0.143. The first-order valence-electron chi connectivity index (χ1n) is 8.08. The van der Waals surface area contributed by atoms with Crippen LogP contribution in [-0.4, -0.2) is 10.9 Å². The summed E-state index contributed by atoms with van der Waals surface area (Å²) in [5.74, 6) is -0.123. The van der Waals surface area contributed by atoms with Crippen LogP contribution in [-0.2, 0) is 0 Å². The van der Waals surface area contributed by atoms with Gasteiger partial charge in [-0.05, 0) is 64.7 Å². The van der Waals surface area contributed by atoms with Crippen molar-refractivity contribution in [2.75, 3.05) is 0 Å².